The van der Waals surface area contributed by atoms with E-state index >= 15 is 0 Å². The Morgan fingerprint density at radius 2 is 2.00 bits per heavy atom. The van der Waals surface area contributed by atoms with Crippen LogP contribution in [0.3, 0.4) is 0 Å². The summed E-state index contributed by atoms with van der Waals surface area (Å²) >= 11 is 0. The number of piperidine rings is 1. The summed E-state index contributed by atoms with van der Waals surface area (Å²) in [6.45, 7) is 2.94. The molecule has 1 aromatic heterocycles. The average Bonchev–Trinajstić information content (AvgIpc) is 3.29. The van der Waals surface area contributed by atoms with Crippen molar-refractivity contribution >= 4 is 17.8 Å². The fourth-order valence-corrected chi connectivity index (χ4v) is 3.54. The second kappa shape index (κ2) is 9.91. The second-order valence-electron chi connectivity index (χ2n) is 7.07. The summed E-state index contributed by atoms with van der Waals surface area (Å²) in [5, 5.41) is 2.79. The molecule has 1 aromatic carbocycles. The standard InChI is InChI=1S/C22H26N2O5/c1-2-28-22(27)17-10-6-12-24(15-17)21(26)18(14-16-8-4-3-5-9-16)23-20(25)19-11-7-13-29-19/h3-5,7-9,11,13,17-18H,2,6,10,12,14-15H2,1H3,(H,23,25)/t17?,18-/m0/s1. The minimum Gasteiger partial charge on any atom is -0.466 e. The Kier molecular flexibility index (Phi) is 7.05. The van der Waals surface area contributed by atoms with Crippen LogP contribution in [0.15, 0.2) is 53.1 Å². The third kappa shape index (κ3) is 5.47. The van der Waals surface area contributed by atoms with Crippen LogP contribution in [0.5, 0.6) is 0 Å². The molecule has 1 aliphatic heterocycles. The second-order valence-corrected chi connectivity index (χ2v) is 7.07. The van der Waals surface area contributed by atoms with Crippen molar-refractivity contribution < 1.29 is 23.5 Å². The number of hydrogen-bond acceptors (Lipinski definition) is 5. The van der Waals surface area contributed by atoms with Crippen molar-refractivity contribution in [2.45, 2.75) is 32.2 Å². The number of nitrogens with zero attached hydrogens (tertiary/aromatic N) is 1. The highest BCUT2D eigenvalue weighted by atomic mass is 16.5. The fraction of sp³-hybridized carbons (Fsp3) is 0.409. The molecule has 0 bridgehead atoms. The summed E-state index contributed by atoms with van der Waals surface area (Å²) in [5.74, 6) is -1.10. The molecule has 0 aliphatic carbocycles. The highest BCUT2D eigenvalue weighted by molar-refractivity contribution is 5.95. The Morgan fingerprint density at radius 1 is 1.21 bits per heavy atom. The van der Waals surface area contributed by atoms with Crippen LogP contribution in [0, 0.1) is 5.92 Å². The van der Waals surface area contributed by atoms with Crippen molar-refractivity contribution in [1.29, 1.82) is 0 Å². The molecule has 7 heteroatoms. The normalized spacial score (nSPS) is 17.4. The van der Waals surface area contributed by atoms with Gasteiger partial charge in [0.05, 0.1) is 18.8 Å². The van der Waals surface area contributed by atoms with Gasteiger partial charge < -0.3 is 19.4 Å². The van der Waals surface area contributed by atoms with Crippen molar-refractivity contribution in [1.82, 2.24) is 10.2 Å². The molecule has 154 valence electrons. The topological polar surface area (TPSA) is 88.9 Å². The van der Waals surface area contributed by atoms with Gasteiger partial charge in [-0.05, 0) is 37.5 Å². The summed E-state index contributed by atoms with van der Waals surface area (Å²) in [5.41, 5.74) is 0.935. The molecule has 2 amide bonds. The van der Waals surface area contributed by atoms with Crippen LogP contribution in [0.1, 0.15) is 35.9 Å². The van der Waals surface area contributed by atoms with Crippen molar-refractivity contribution in [3.63, 3.8) is 0 Å². The molecule has 2 aromatic rings. The maximum Gasteiger partial charge on any atom is 0.310 e. The van der Waals surface area contributed by atoms with Gasteiger partial charge in [-0.1, -0.05) is 30.3 Å². The SMILES string of the molecule is CCOC(=O)C1CCCN(C(=O)[C@H](Cc2ccccc2)NC(=O)c2ccco2)C1. The number of nitrogens with one attached hydrogen (secondary N) is 1. The first-order valence-corrected chi connectivity index (χ1v) is 9.92. The molecular weight excluding hydrogens is 372 g/mol. The lowest BCUT2D eigenvalue weighted by Gasteiger charge is -2.34. The van der Waals surface area contributed by atoms with E-state index in [9.17, 15) is 14.4 Å². The predicted octanol–water partition coefficient (Wildman–Crippen LogP) is 2.42. The number of ether oxygens (including phenoxy) is 1. The molecule has 7 nitrogen and oxygen atoms in total. The molecule has 1 fully saturated rings. The van der Waals surface area contributed by atoms with Gasteiger partial charge in [-0.25, -0.2) is 0 Å². The van der Waals surface area contributed by atoms with Gasteiger partial charge in [0, 0.05) is 19.5 Å². The van der Waals surface area contributed by atoms with E-state index in [1.165, 1.54) is 6.26 Å². The van der Waals surface area contributed by atoms with Crippen LogP contribution in [-0.2, 0) is 20.7 Å². The molecule has 1 aliphatic rings. The van der Waals surface area contributed by atoms with Crippen molar-refractivity contribution in [2.75, 3.05) is 19.7 Å². The van der Waals surface area contributed by atoms with Crippen LogP contribution in [-0.4, -0.2) is 48.4 Å². The lowest BCUT2D eigenvalue weighted by Crippen LogP contribution is -2.53. The van der Waals surface area contributed by atoms with Gasteiger partial charge in [-0.15, -0.1) is 0 Å². The van der Waals surface area contributed by atoms with E-state index in [2.05, 4.69) is 5.32 Å². The molecule has 1 unspecified atom stereocenters. The van der Waals surface area contributed by atoms with Gasteiger partial charge in [0.1, 0.15) is 6.04 Å². The molecule has 2 atom stereocenters. The Balaban J connectivity index is 1.74. The van der Waals surface area contributed by atoms with Gasteiger partial charge in [0.2, 0.25) is 5.91 Å². The monoisotopic (exact) mass is 398 g/mol. The third-order valence-corrected chi connectivity index (χ3v) is 4.98. The van der Waals surface area contributed by atoms with Crippen LogP contribution in [0.2, 0.25) is 0 Å². The first-order chi connectivity index (χ1) is 14.1. The predicted molar refractivity (Wildman–Crippen MR) is 106 cm³/mol. The Labute approximate surface area is 170 Å². The van der Waals surface area contributed by atoms with Crippen LogP contribution >= 0.6 is 0 Å². The number of hydrogen-bond donors (Lipinski definition) is 1. The first-order valence-electron chi connectivity index (χ1n) is 9.92. The van der Waals surface area contributed by atoms with Gasteiger partial charge >= 0.3 is 5.97 Å². The zero-order valence-electron chi connectivity index (χ0n) is 16.5. The van der Waals surface area contributed by atoms with Crippen molar-refractivity contribution in [2.24, 2.45) is 5.92 Å². The number of furan rings is 1. The quantitative estimate of drug-likeness (QED) is 0.724. The molecule has 1 N–H and O–H groups in total. The summed E-state index contributed by atoms with van der Waals surface area (Å²) < 4.78 is 10.3. The van der Waals surface area contributed by atoms with E-state index in [1.54, 1.807) is 24.0 Å². The summed E-state index contributed by atoms with van der Waals surface area (Å²) in [6, 6.07) is 11.9. The number of likely N-dealkylation sites (tertiary alicyclic amines) is 1. The molecule has 1 saturated heterocycles. The molecule has 29 heavy (non-hydrogen) atoms. The zero-order chi connectivity index (χ0) is 20.6. The lowest BCUT2D eigenvalue weighted by molar-refractivity contribution is -0.151. The zero-order valence-corrected chi connectivity index (χ0v) is 16.5. The lowest BCUT2D eigenvalue weighted by atomic mass is 9.96. The van der Waals surface area contributed by atoms with E-state index in [1.807, 2.05) is 30.3 Å². The molecule has 0 radical (unpaired) electrons. The average molecular weight is 398 g/mol. The fourth-order valence-electron chi connectivity index (χ4n) is 3.54. The maximum absolute atomic E-state index is 13.3. The highest BCUT2D eigenvalue weighted by Crippen LogP contribution is 2.19. The first kappa shape index (κ1) is 20.6. The molecule has 3 rings (SSSR count). The number of rotatable bonds is 7. The molecule has 2 heterocycles. The molecular formula is C22H26N2O5. The summed E-state index contributed by atoms with van der Waals surface area (Å²) in [4.78, 5) is 39.5. The number of carbonyl (C=O) groups is 3. The van der Waals surface area contributed by atoms with E-state index in [-0.39, 0.29) is 23.6 Å². The van der Waals surface area contributed by atoms with Crippen LogP contribution < -0.4 is 5.32 Å². The third-order valence-electron chi connectivity index (χ3n) is 4.98. The number of amides is 2. The van der Waals surface area contributed by atoms with Crippen molar-refractivity contribution in [3.05, 3.63) is 60.1 Å². The van der Waals surface area contributed by atoms with Gasteiger partial charge in [0.25, 0.3) is 5.91 Å². The van der Waals surface area contributed by atoms with Gasteiger partial charge in [0.15, 0.2) is 5.76 Å². The van der Waals surface area contributed by atoms with Gasteiger partial charge in [-0.2, -0.15) is 0 Å². The van der Waals surface area contributed by atoms with Gasteiger partial charge in [-0.3, -0.25) is 14.4 Å². The smallest absolute Gasteiger partial charge is 0.310 e. The Bertz CT molecular complexity index is 819. The number of benzene rings is 1. The minimum absolute atomic E-state index is 0.152. The highest BCUT2D eigenvalue weighted by Gasteiger charge is 2.33. The van der Waals surface area contributed by atoms with E-state index < -0.39 is 11.9 Å². The van der Waals surface area contributed by atoms with Crippen LogP contribution in [0.4, 0.5) is 0 Å². The number of carbonyl (C=O) groups excluding carboxylic acids is 3. The molecule has 0 spiro atoms. The Hall–Kier alpha value is -3.09. The van der Waals surface area contributed by atoms with Crippen LogP contribution in [0.25, 0.3) is 0 Å². The largest absolute Gasteiger partial charge is 0.466 e. The van der Waals surface area contributed by atoms with E-state index in [0.29, 0.717) is 32.5 Å². The summed E-state index contributed by atoms with van der Waals surface area (Å²) in [6.07, 6.45) is 3.19. The molecule has 0 saturated carbocycles. The minimum atomic E-state index is -0.754. The summed E-state index contributed by atoms with van der Waals surface area (Å²) in [7, 11) is 0. The Morgan fingerprint density at radius 3 is 2.69 bits per heavy atom. The van der Waals surface area contributed by atoms with E-state index in [4.69, 9.17) is 9.15 Å². The maximum atomic E-state index is 13.3. The van der Waals surface area contributed by atoms with E-state index in [0.717, 1.165) is 12.0 Å². The number of esters is 1. The van der Waals surface area contributed by atoms with Crippen molar-refractivity contribution in [3.8, 4) is 0 Å².